The number of anilines is 2. The van der Waals surface area contributed by atoms with Gasteiger partial charge in [-0.2, -0.15) is 0 Å². The summed E-state index contributed by atoms with van der Waals surface area (Å²) in [5.74, 6) is 1.98. The van der Waals surface area contributed by atoms with Crippen molar-refractivity contribution in [3.05, 3.63) is 40.9 Å². The summed E-state index contributed by atoms with van der Waals surface area (Å²) in [5.41, 5.74) is 3.69. The smallest absolute Gasteiger partial charge is 0.231 e. The van der Waals surface area contributed by atoms with Crippen LogP contribution in [0.1, 0.15) is 43.5 Å². The number of carbonyl (C=O) groups is 1. The average Bonchev–Trinajstić information content (AvgIpc) is 3.00. The van der Waals surface area contributed by atoms with Crippen molar-refractivity contribution in [2.75, 3.05) is 29.9 Å². The maximum Gasteiger partial charge on any atom is 0.231 e. The van der Waals surface area contributed by atoms with Crippen molar-refractivity contribution in [3.8, 4) is 0 Å². The van der Waals surface area contributed by atoms with Gasteiger partial charge in [0.15, 0.2) is 17.0 Å². The highest BCUT2D eigenvalue weighted by atomic mass is 35.5. The third-order valence-corrected chi connectivity index (χ3v) is 7.04. The van der Waals surface area contributed by atoms with Gasteiger partial charge in [0.25, 0.3) is 0 Å². The van der Waals surface area contributed by atoms with Gasteiger partial charge in [0, 0.05) is 43.8 Å². The molecular weight excluding hydrogens is 424 g/mol. The number of aromatic nitrogens is 4. The summed E-state index contributed by atoms with van der Waals surface area (Å²) < 4.78 is 2.26. The third-order valence-electron chi connectivity index (χ3n) is 6.81. The Bertz CT molecular complexity index is 1160. The second kappa shape index (κ2) is 8.70. The lowest BCUT2D eigenvalue weighted by Gasteiger charge is -2.35. The number of aryl methyl sites for hydroxylation is 3. The Kier molecular flexibility index (Phi) is 5.76. The van der Waals surface area contributed by atoms with Gasteiger partial charge in [-0.25, -0.2) is 15.0 Å². The summed E-state index contributed by atoms with van der Waals surface area (Å²) in [6, 6.07) is 5.67. The fourth-order valence-corrected chi connectivity index (χ4v) is 5.23. The predicted octanol–water partition coefficient (Wildman–Crippen LogP) is 4.39. The Morgan fingerprint density at radius 1 is 1.16 bits per heavy atom. The molecule has 0 saturated carbocycles. The van der Waals surface area contributed by atoms with E-state index in [0.29, 0.717) is 11.6 Å². The van der Waals surface area contributed by atoms with E-state index in [1.807, 2.05) is 32.2 Å². The van der Waals surface area contributed by atoms with E-state index in [1.54, 1.807) is 11.2 Å². The van der Waals surface area contributed by atoms with E-state index in [-0.39, 0.29) is 11.8 Å². The van der Waals surface area contributed by atoms with Crippen molar-refractivity contribution >= 4 is 40.2 Å². The van der Waals surface area contributed by atoms with E-state index < -0.39 is 0 Å². The molecule has 1 aromatic carbocycles. The first-order chi connectivity index (χ1) is 15.5. The van der Waals surface area contributed by atoms with Gasteiger partial charge in [-0.15, -0.1) is 0 Å². The van der Waals surface area contributed by atoms with Crippen LogP contribution in [0.5, 0.6) is 0 Å². The third kappa shape index (κ3) is 3.83. The number of hydrogen-bond donors (Lipinski definition) is 0. The Labute approximate surface area is 193 Å². The minimum absolute atomic E-state index is 0.0995. The van der Waals surface area contributed by atoms with Gasteiger partial charge >= 0.3 is 0 Å². The van der Waals surface area contributed by atoms with Crippen LogP contribution >= 0.6 is 11.6 Å². The predicted molar refractivity (Wildman–Crippen MR) is 127 cm³/mol. The number of halogens is 1. The van der Waals surface area contributed by atoms with Gasteiger partial charge in [-0.1, -0.05) is 24.1 Å². The summed E-state index contributed by atoms with van der Waals surface area (Å²) in [7, 11) is 1.84. The molecule has 0 aliphatic carbocycles. The Hall–Kier alpha value is -2.67. The number of hydrogen-bond acceptors (Lipinski definition) is 5. The zero-order chi connectivity index (χ0) is 22.2. The highest BCUT2D eigenvalue weighted by Gasteiger charge is 2.31. The van der Waals surface area contributed by atoms with Crippen molar-refractivity contribution in [2.45, 2.75) is 52.0 Å². The van der Waals surface area contributed by atoms with E-state index in [9.17, 15) is 4.79 Å². The fourth-order valence-electron chi connectivity index (χ4n) is 5.06. The summed E-state index contributed by atoms with van der Waals surface area (Å²) in [6.45, 7) is 4.48. The molecule has 1 atom stereocenters. The topological polar surface area (TPSA) is 67.2 Å². The van der Waals surface area contributed by atoms with E-state index in [1.165, 1.54) is 12.8 Å². The SMILES string of the molecule is Cc1ccc(Cl)cc1N(C)C(=O)[C@@H]1CCCN(c2ncnc3c2nc2n3CCCCC2)C1. The van der Waals surface area contributed by atoms with Crippen LogP contribution in [0.4, 0.5) is 11.5 Å². The van der Waals surface area contributed by atoms with E-state index in [0.717, 1.165) is 72.8 Å². The van der Waals surface area contributed by atoms with Crippen molar-refractivity contribution in [1.82, 2.24) is 19.5 Å². The lowest BCUT2D eigenvalue weighted by atomic mass is 9.96. The maximum absolute atomic E-state index is 13.4. The summed E-state index contributed by atoms with van der Waals surface area (Å²) in [5, 5.41) is 0.637. The second-order valence-corrected chi connectivity index (χ2v) is 9.41. The minimum atomic E-state index is -0.0995. The summed E-state index contributed by atoms with van der Waals surface area (Å²) in [6.07, 6.45) is 8.00. The lowest BCUT2D eigenvalue weighted by Crippen LogP contribution is -2.44. The number of rotatable bonds is 3. The number of fused-ring (bicyclic) bond motifs is 3. The molecule has 32 heavy (non-hydrogen) atoms. The normalized spacial score (nSPS) is 19.0. The van der Waals surface area contributed by atoms with Crippen LogP contribution in [0.3, 0.4) is 0 Å². The Balaban J connectivity index is 1.41. The van der Waals surface area contributed by atoms with Crippen molar-refractivity contribution in [2.24, 2.45) is 5.92 Å². The van der Waals surface area contributed by atoms with Crippen molar-refractivity contribution in [1.29, 1.82) is 0 Å². The van der Waals surface area contributed by atoms with Gasteiger partial charge in [0.2, 0.25) is 5.91 Å². The molecule has 1 fully saturated rings. The van der Waals surface area contributed by atoms with Crippen LogP contribution in [0.2, 0.25) is 5.02 Å². The molecular formula is C24H29ClN6O. The zero-order valence-electron chi connectivity index (χ0n) is 18.7. The first-order valence-electron chi connectivity index (χ1n) is 11.5. The average molecular weight is 453 g/mol. The monoisotopic (exact) mass is 452 g/mol. The van der Waals surface area contributed by atoms with Crippen molar-refractivity contribution < 1.29 is 4.79 Å². The Morgan fingerprint density at radius 3 is 2.91 bits per heavy atom. The first-order valence-corrected chi connectivity index (χ1v) is 11.9. The van der Waals surface area contributed by atoms with E-state index in [4.69, 9.17) is 16.6 Å². The van der Waals surface area contributed by atoms with Crippen LogP contribution in [0, 0.1) is 12.8 Å². The van der Waals surface area contributed by atoms with Crippen LogP contribution < -0.4 is 9.80 Å². The molecule has 2 aromatic heterocycles. The fraction of sp³-hybridized carbons (Fsp3) is 0.500. The zero-order valence-corrected chi connectivity index (χ0v) is 19.5. The molecule has 8 heteroatoms. The molecule has 5 rings (SSSR count). The molecule has 2 aliphatic heterocycles. The van der Waals surface area contributed by atoms with E-state index in [2.05, 4.69) is 19.4 Å². The molecule has 2 aliphatic rings. The molecule has 0 radical (unpaired) electrons. The van der Waals surface area contributed by atoms with Gasteiger partial charge in [-0.05, 0) is 50.3 Å². The van der Waals surface area contributed by atoms with Gasteiger partial charge < -0.3 is 14.4 Å². The quantitative estimate of drug-likeness (QED) is 0.589. The second-order valence-electron chi connectivity index (χ2n) is 8.97. The lowest BCUT2D eigenvalue weighted by molar-refractivity contribution is -0.122. The standard InChI is InChI=1S/C24H29ClN6O/c1-16-9-10-18(25)13-19(16)29(2)24(32)17-7-6-11-30(14-17)22-21-23(27-15-26-22)31-12-5-3-4-8-20(31)28-21/h9-10,13,15,17H,3-8,11-12,14H2,1-2H3/t17-/m1/s1. The summed E-state index contributed by atoms with van der Waals surface area (Å²) in [4.78, 5) is 31.5. The number of piperidine rings is 1. The maximum atomic E-state index is 13.4. The number of carbonyl (C=O) groups excluding carboxylic acids is 1. The molecule has 0 bridgehead atoms. The molecule has 7 nitrogen and oxygen atoms in total. The molecule has 0 unspecified atom stereocenters. The van der Waals surface area contributed by atoms with Crippen LogP contribution in [0.25, 0.3) is 11.2 Å². The number of nitrogens with zero attached hydrogens (tertiary/aromatic N) is 6. The van der Waals surface area contributed by atoms with Gasteiger partial charge in [-0.3, -0.25) is 4.79 Å². The molecule has 0 N–H and O–H groups in total. The number of imidazole rings is 1. The molecule has 168 valence electrons. The molecule has 0 spiro atoms. The molecule has 3 aromatic rings. The first kappa shape index (κ1) is 21.2. The molecule has 1 saturated heterocycles. The van der Waals surface area contributed by atoms with Gasteiger partial charge in [0.1, 0.15) is 12.2 Å². The van der Waals surface area contributed by atoms with Crippen LogP contribution in [-0.2, 0) is 17.8 Å². The molecule has 4 heterocycles. The Morgan fingerprint density at radius 2 is 2.03 bits per heavy atom. The van der Waals surface area contributed by atoms with Crippen LogP contribution in [0.15, 0.2) is 24.5 Å². The largest absolute Gasteiger partial charge is 0.354 e. The van der Waals surface area contributed by atoms with E-state index >= 15 is 0 Å². The van der Waals surface area contributed by atoms with Crippen LogP contribution in [-0.4, -0.2) is 45.6 Å². The van der Waals surface area contributed by atoms with Crippen molar-refractivity contribution in [3.63, 3.8) is 0 Å². The molecule has 1 amide bonds. The minimum Gasteiger partial charge on any atom is -0.354 e. The van der Waals surface area contributed by atoms with Gasteiger partial charge in [0.05, 0.1) is 5.92 Å². The highest BCUT2D eigenvalue weighted by molar-refractivity contribution is 6.31. The highest BCUT2D eigenvalue weighted by Crippen LogP contribution is 2.31. The number of benzene rings is 1. The summed E-state index contributed by atoms with van der Waals surface area (Å²) >= 11 is 6.19. The number of amides is 1.